The van der Waals surface area contributed by atoms with Crippen LogP contribution in [0.3, 0.4) is 0 Å². The van der Waals surface area contributed by atoms with Crippen molar-refractivity contribution in [3.05, 3.63) is 23.3 Å². The van der Waals surface area contributed by atoms with Crippen LogP contribution in [0.25, 0.3) is 0 Å². The number of rotatable bonds is 1. The molecule has 2 N–H and O–H groups in total. The quantitative estimate of drug-likeness (QED) is 0.660. The largest absolute Gasteiger partial charge is 0.494 e. The second kappa shape index (κ2) is 2.76. The molecule has 0 saturated heterocycles. The van der Waals surface area contributed by atoms with Crippen LogP contribution in [0.15, 0.2) is 12.1 Å². The van der Waals surface area contributed by atoms with Crippen molar-refractivity contribution >= 4 is 11.5 Å². The predicted octanol–water partition coefficient (Wildman–Crippen LogP) is 1.41. The smallest absolute Gasteiger partial charge is 0.163 e. The van der Waals surface area contributed by atoms with Crippen molar-refractivity contribution in [1.82, 2.24) is 0 Å². The Morgan fingerprint density at radius 2 is 2.15 bits per heavy atom. The zero-order valence-corrected chi connectivity index (χ0v) is 7.46. The van der Waals surface area contributed by atoms with Crippen LogP contribution in [0.5, 0.6) is 5.75 Å². The second-order valence-corrected chi connectivity index (χ2v) is 3.14. The van der Waals surface area contributed by atoms with Gasteiger partial charge in [-0.1, -0.05) is 0 Å². The third kappa shape index (κ3) is 1.08. The number of anilines is 1. The van der Waals surface area contributed by atoms with Gasteiger partial charge in [0.05, 0.1) is 12.8 Å². The number of fused-ring (bicyclic) bond motifs is 1. The normalized spacial score (nSPS) is 14.4. The van der Waals surface area contributed by atoms with Crippen LogP contribution < -0.4 is 10.5 Å². The Bertz CT molecular complexity index is 371. The average Bonchev–Trinajstić information content (AvgIpc) is 2.48. The molecule has 3 nitrogen and oxygen atoms in total. The highest BCUT2D eigenvalue weighted by Crippen LogP contribution is 2.34. The summed E-state index contributed by atoms with van der Waals surface area (Å²) in [6.07, 6.45) is 1.33. The fourth-order valence-electron chi connectivity index (χ4n) is 1.77. The number of ether oxygens (including phenoxy) is 1. The van der Waals surface area contributed by atoms with Crippen molar-refractivity contribution in [2.24, 2.45) is 0 Å². The highest BCUT2D eigenvalue weighted by molar-refractivity contribution is 6.01. The van der Waals surface area contributed by atoms with E-state index in [1.54, 1.807) is 19.2 Å². The summed E-state index contributed by atoms with van der Waals surface area (Å²) in [6.45, 7) is 0. The zero-order chi connectivity index (χ0) is 9.42. The molecule has 0 saturated carbocycles. The summed E-state index contributed by atoms with van der Waals surface area (Å²) in [5.41, 5.74) is 8.06. The summed E-state index contributed by atoms with van der Waals surface area (Å²) in [5.74, 6) is 0.858. The molecule has 13 heavy (non-hydrogen) atoms. The van der Waals surface area contributed by atoms with Crippen molar-refractivity contribution in [2.75, 3.05) is 12.8 Å². The van der Waals surface area contributed by atoms with Crippen molar-refractivity contribution in [3.63, 3.8) is 0 Å². The van der Waals surface area contributed by atoms with Crippen LogP contribution in [-0.2, 0) is 6.42 Å². The van der Waals surface area contributed by atoms with Crippen molar-refractivity contribution in [1.29, 1.82) is 0 Å². The lowest BCUT2D eigenvalue weighted by Gasteiger charge is -2.08. The number of methoxy groups -OCH3 is 1. The number of hydrogen-bond acceptors (Lipinski definition) is 3. The first-order valence-electron chi connectivity index (χ1n) is 4.22. The Morgan fingerprint density at radius 3 is 2.85 bits per heavy atom. The van der Waals surface area contributed by atoms with Crippen molar-refractivity contribution in [2.45, 2.75) is 12.8 Å². The van der Waals surface area contributed by atoms with Crippen molar-refractivity contribution in [3.8, 4) is 5.75 Å². The van der Waals surface area contributed by atoms with Crippen LogP contribution in [-0.4, -0.2) is 12.9 Å². The number of carbonyl (C=O) groups is 1. The third-order valence-corrected chi connectivity index (χ3v) is 2.40. The minimum Gasteiger partial charge on any atom is -0.494 e. The van der Waals surface area contributed by atoms with Gasteiger partial charge in [-0.15, -0.1) is 0 Å². The first-order valence-corrected chi connectivity index (χ1v) is 4.22. The Balaban J connectivity index is 2.64. The molecule has 1 aromatic carbocycles. The third-order valence-electron chi connectivity index (χ3n) is 2.40. The molecule has 0 radical (unpaired) electrons. The lowest BCUT2D eigenvalue weighted by Crippen LogP contribution is -1.98. The van der Waals surface area contributed by atoms with Gasteiger partial charge in [-0.2, -0.15) is 0 Å². The summed E-state index contributed by atoms with van der Waals surface area (Å²) in [6, 6.07) is 3.50. The molecular formula is C10H11NO2. The van der Waals surface area contributed by atoms with Crippen LogP contribution in [0, 0.1) is 0 Å². The number of benzene rings is 1. The molecule has 0 heterocycles. The lowest BCUT2D eigenvalue weighted by atomic mass is 10.1. The van der Waals surface area contributed by atoms with Crippen LogP contribution in [0.4, 0.5) is 5.69 Å². The van der Waals surface area contributed by atoms with Crippen LogP contribution >= 0.6 is 0 Å². The first kappa shape index (κ1) is 8.10. The Kier molecular flexibility index (Phi) is 1.72. The lowest BCUT2D eigenvalue weighted by molar-refractivity contribution is 0.0994. The summed E-state index contributed by atoms with van der Waals surface area (Å²) < 4.78 is 5.16. The number of carbonyl (C=O) groups excluding carboxylic acids is 1. The number of hydrogen-bond donors (Lipinski definition) is 1. The molecule has 1 aliphatic rings. The van der Waals surface area contributed by atoms with E-state index in [1.807, 2.05) is 0 Å². The first-order chi connectivity index (χ1) is 6.24. The highest BCUT2D eigenvalue weighted by Gasteiger charge is 2.23. The van der Waals surface area contributed by atoms with E-state index in [2.05, 4.69) is 0 Å². The van der Waals surface area contributed by atoms with Crippen molar-refractivity contribution < 1.29 is 9.53 Å². The molecule has 0 unspecified atom stereocenters. The van der Waals surface area contributed by atoms with Gasteiger partial charge in [-0.25, -0.2) is 0 Å². The van der Waals surface area contributed by atoms with Gasteiger partial charge in [0.15, 0.2) is 5.78 Å². The summed E-state index contributed by atoms with van der Waals surface area (Å²) in [7, 11) is 1.58. The number of nitrogen functional groups attached to an aromatic ring is 1. The van der Waals surface area contributed by atoms with E-state index in [9.17, 15) is 4.79 Å². The van der Waals surface area contributed by atoms with Gasteiger partial charge >= 0.3 is 0 Å². The van der Waals surface area contributed by atoms with Gasteiger partial charge in [0.2, 0.25) is 0 Å². The van der Waals surface area contributed by atoms with Crippen LogP contribution in [0.1, 0.15) is 22.3 Å². The number of Topliss-reactive ketones (excluding diaryl/α,β-unsaturated/α-hetero) is 1. The van der Waals surface area contributed by atoms with Gasteiger partial charge in [-0.3, -0.25) is 4.79 Å². The molecule has 2 rings (SSSR count). The molecule has 0 amide bonds. The second-order valence-electron chi connectivity index (χ2n) is 3.14. The minimum atomic E-state index is 0.188. The number of nitrogens with two attached hydrogens (primary N) is 1. The Labute approximate surface area is 76.5 Å². The SMILES string of the molecule is COc1c(N)ccc2c1CCC2=O. The maximum absolute atomic E-state index is 11.3. The number of ketones is 1. The molecule has 0 bridgehead atoms. The summed E-state index contributed by atoms with van der Waals surface area (Å²) in [5, 5.41) is 0. The molecule has 0 aromatic heterocycles. The van der Waals surface area contributed by atoms with Gasteiger partial charge in [-0.05, 0) is 18.6 Å². The van der Waals surface area contributed by atoms with E-state index in [1.165, 1.54) is 0 Å². The average molecular weight is 177 g/mol. The van der Waals surface area contributed by atoms with Gasteiger partial charge in [0.25, 0.3) is 0 Å². The molecule has 3 heteroatoms. The maximum Gasteiger partial charge on any atom is 0.163 e. The minimum absolute atomic E-state index is 0.188. The molecule has 0 aliphatic heterocycles. The topological polar surface area (TPSA) is 52.3 Å². The van der Waals surface area contributed by atoms with E-state index < -0.39 is 0 Å². The molecule has 1 aliphatic carbocycles. The van der Waals surface area contributed by atoms with E-state index in [0.717, 1.165) is 17.5 Å². The van der Waals surface area contributed by atoms with Crippen LogP contribution in [0.2, 0.25) is 0 Å². The maximum atomic E-state index is 11.3. The molecular weight excluding hydrogens is 166 g/mol. The molecule has 0 fully saturated rings. The molecule has 0 atom stereocenters. The molecule has 1 aromatic rings. The van der Waals surface area contributed by atoms with Gasteiger partial charge in [0, 0.05) is 17.5 Å². The van der Waals surface area contributed by atoms with Gasteiger partial charge in [0.1, 0.15) is 5.75 Å². The van der Waals surface area contributed by atoms with E-state index >= 15 is 0 Å². The van der Waals surface area contributed by atoms with E-state index in [-0.39, 0.29) is 5.78 Å². The molecule has 68 valence electrons. The fourth-order valence-corrected chi connectivity index (χ4v) is 1.77. The monoisotopic (exact) mass is 177 g/mol. The predicted molar refractivity (Wildman–Crippen MR) is 50.1 cm³/mol. The Hall–Kier alpha value is -1.51. The summed E-state index contributed by atoms with van der Waals surface area (Å²) in [4.78, 5) is 11.3. The fraction of sp³-hybridized carbons (Fsp3) is 0.300. The van der Waals surface area contributed by atoms with E-state index in [0.29, 0.717) is 17.9 Å². The Morgan fingerprint density at radius 1 is 1.38 bits per heavy atom. The molecule has 0 spiro atoms. The van der Waals surface area contributed by atoms with E-state index in [4.69, 9.17) is 10.5 Å². The zero-order valence-electron chi connectivity index (χ0n) is 7.46. The standard InChI is InChI=1S/C10H11NO2/c1-13-10-7-3-5-9(12)6(7)2-4-8(10)11/h2,4H,3,5,11H2,1H3. The summed E-state index contributed by atoms with van der Waals surface area (Å²) >= 11 is 0. The van der Waals surface area contributed by atoms with Gasteiger partial charge < -0.3 is 10.5 Å². The highest BCUT2D eigenvalue weighted by atomic mass is 16.5.